The maximum absolute atomic E-state index is 11.8. The summed E-state index contributed by atoms with van der Waals surface area (Å²) in [5.41, 5.74) is 4.42. The molecule has 2 heteroatoms. The molecule has 2 rings (SSSR count). The van der Waals surface area contributed by atoms with E-state index in [1.807, 2.05) is 34.6 Å². The molecule has 1 aliphatic rings. The molecule has 0 bridgehead atoms. The Morgan fingerprint density at radius 3 is 2.35 bits per heavy atom. The lowest BCUT2D eigenvalue weighted by molar-refractivity contribution is -0.124. The van der Waals surface area contributed by atoms with Crippen molar-refractivity contribution in [1.82, 2.24) is 0 Å². The largest absolute Gasteiger partial charge is 0.325 e. The molecule has 0 saturated heterocycles. The molecular weight excluding hydrogens is 210 g/mol. The van der Waals surface area contributed by atoms with Crippen molar-refractivity contribution in [2.45, 2.75) is 48.0 Å². The topological polar surface area (TPSA) is 29.1 Å². The van der Waals surface area contributed by atoms with Gasteiger partial charge in [-0.3, -0.25) is 4.79 Å². The van der Waals surface area contributed by atoms with Gasteiger partial charge in [-0.2, -0.15) is 0 Å². The number of benzene rings is 1. The van der Waals surface area contributed by atoms with Crippen molar-refractivity contribution in [2.75, 3.05) is 5.32 Å². The van der Waals surface area contributed by atoms with Gasteiger partial charge in [-0.05, 0) is 31.4 Å². The minimum atomic E-state index is -0.284. The van der Waals surface area contributed by atoms with Gasteiger partial charge in [-0.15, -0.1) is 0 Å². The van der Waals surface area contributed by atoms with Crippen LogP contribution >= 0.6 is 0 Å². The van der Waals surface area contributed by atoms with Gasteiger partial charge < -0.3 is 5.32 Å². The first-order chi connectivity index (χ1) is 7.90. The Hall–Kier alpha value is -1.31. The lowest BCUT2D eigenvalue weighted by Crippen LogP contribution is -2.37. The molecule has 0 radical (unpaired) electrons. The Labute approximate surface area is 104 Å². The van der Waals surface area contributed by atoms with Crippen molar-refractivity contribution < 1.29 is 4.79 Å². The Bertz CT molecular complexity index is 433. The molecule has 0 atom stereocenters. The number of fused-ring (bicyclic) bond motifs is 1. The number of nitrogens with one attached hydrogen (secondary N) is 1. The number of anilines is 1. The van der Waals surface area contributed by atoms with E-state index in [0.717, 1.165) is 17.7 Å². The van der Waals surface area contributed by atoms with Crippen LogP contribution in [0.25, 0.3) is 0 Å². The van der Waals surface area contributed by atoms with Crippen molar-refractivity contribution >= 4 is 11.6 Å². The highest BCUT2D eigenvalue weighted by molar-refractivity contribution is 5.98. The molecule has 0 saturated carbocycles. The summed E-state index contributed by atoms with van der Waals surface area (Å²) in [7, 11) is 0. The van der Waals surface area contributed by atoms with Crippen LogP contribution in [0.1, 0.15) is 44.4 Å². The summed E-state index contributed by atoms with van der Waals surface area (Å²) < 4.78 is 0. The highest BCUT2D eigenvalue weighted by atomic mass is 16.2. The van der Waals surface area contributed by atoms with E-state index >= 15 is 0 Å². The minimum Gasteiger partial charge on any atom is -0.325 e. The van der Waals surface area contributed by atoms with Crippen LogP contribution in [-0.4, -0.2) is 5.91 Å². The second-order valence-electron chi connectivity index (χ2n) is 5.13. The van der Waals surface area contributed by atoms with Gasteiger partial charge in [0.25, 0.3) is 0 Å². The van der Waals surface area contributed by atoms with Crippen LogP contribution in [0.2, 0.25) is 0 Å². The molecule has 1 aromatic carbocycles. The summed E-state index contributed by atoms with van der Waals surface area (Å²) in [5.74, 6) is 0.127. The molecule has 1 amide bonds. The molecule has 0 spiro atoms. The molecule has 0 aromatic heterocycles. The zero-order valence-corrected chi connectivity index (χ0v) is 11.8. The molecule has 1 aliphatic heterocycles. The van der Waals surface area contributed by atoms with Crippen molar-refractivity contribution in [2.24, 2.45) is 5.41 Å². The first-order valence-electron chi connectivity index (χ1n) is 6.32. The molecule has 1 heterocycles. The van der Waals surface area contributed by atoms with Crippen LogP contribution in [0.15, 0.2) is 12.1 Å². The number of amides is 1. The van der Waals surface area contributed by atoms with Crippen LogP contribution in [0.3, 0.4) is 0 Å². The van der Waals surface area contributed by atoms with Crippen molar-refractivity contribution in [3.8, 4) is 0 Å². The van der Waals surface area contributed by atoms with Gasteiger partial charge in [0.15, 0.2) is 0 Å². The predicted molar refractivity (Wildman–Crippen MR) is 73.4 cm³/mol. The Morgan fingerprint density at radius 2 is 1.76 bits per heavy atom. The minimum absolute atomic E-state index is 0.127. The summed E-state index contributed by atoms with van der Waals surface area (Å²) in [6.07, 6.45) is 0.830. The SMILES string of the molecule is CC.Cc1cc(C)c2c(c1)CC(C)(C)C(=O)N2. The fraction of sp³-hybridized carbons (Fsp3) is 0.533. The zero-order valence-electron chi connectivity index (χ0n) is 11.8. The van der Waals surface area contributed by atoms with Crippen molar-refractivity contribution in [1.29, 1.82) is 0 Å². The molecule has 1 N–H and O–H groups in total. The van der Waals surface area contributed by atoms with Gasteiger partial charge in [0, 0.05) is 11.1 Å². The summed E-state index contributed by atoms with van der Waals surface area (Å²) in [4.78, 5) is 11.8. The highest BCUT2D eigenvalue weighted by Crippen LogP contribution is 2.35. The van der Waals surface area contributed by atoms with Gasteiger partial charge in [0.1, 0.15) is 0 Å². The van der Waals surface area contributed by atoms with Gasteiger partial charge in [0.05, 0.1) is 0 Å². The highest BCUT2D eigenvalue weighted by Gasteiger charge is 2.33. The van der Waals surface area contributed by atoms with Crippen LogP contribution in [0.4, 0.5) is 5.69 Å². The number of carbonyl (C=O) groups is 1. The molecule has 17 heavy (non-hydrogen) atoms. The number of aryl methyl sites for hydroxylation is 2. The van der Waals surface area contributed by atoms with Crippen molar-refractivity contribution in [3.05, 3.63) is 28.8 Å². The smallest absolute Gasteiger partial charge is 0.230 e. The van der Waals surface area contributed by atoms with Crippen LogP contribution in [0, 0.1) is 19.3 Å². The van der Waals surface area contributed by atoms with E-state index in [9.17, 15) is 4.79 Å². The average molecular weight is 233 g/mol. The Kier molecular flexibility index (Phi) is 3.97. The average Bonchev–Trinajstić information content (AvgIpc) is 2.23. The monoisotopic (exact) mass is 233 g/mol. The standard InChI is InChI=1S/C13H17NO.C2H6/c1-8-5-9(2)11-10(6-8)7-13(3,4)12(15)14-11;1-2/h5-6H,7H2,1-4H3,(H,14,15);1-2H3. The first-order valence-corrected chi connectivity index (χ1v) is 6.32. The summed E-state index contributed by atoms with van der Waals surface area (Å²) in [6, 6.07) is 4.28. The summed E-state index contributed by atoms with van der Waals surface area (Å²) >= 11 is 0. The fourth-order valence-electron chi connectivity index (χ4n) is 2.21. The van der Waals surface area contributed by atoms with E-state index in [1.165, 1.54) is 11.1 Å². The van der Waals surface area contributed by atoms with E-state index in [2.05, 4.69) is 24.4 Å². The van der Waals surface area contributed by atoms with Crippen LogP contribution < -0.4 is 5.32 Å². The lowest BCUT2D eigenvalue weighted by atomic mass is 9.80. The number of hydrogen-bond acceptors (Lipinski definition) is 1. The predicted octanol–water partition coefficient (Wildman–Crippen LogP) is 3.85. The molecule has 0 unspecified atom stereocenters. The summed E-state index contributed by atoms with van der Waals surface area (Å²) in [6.45, 7) is 12.1. The molecule has 1 aromatic rings. The van der Waals surface area contributed by atoms with Crippen LogP contribution in [0.5, 0.6) is 0 Å². The third-order valence-electron chi connectivity index (χ3n) is 3.05. The third kappa shape index (κ3) is 2.68. The van der Waals surface area contributed by atoms with E-state index in [0.29, 0.717) is 0 Å². The first kappa shape index (κ1) is 13.8. The third-order valence-corrected chi connectivity index (χ3v) is 3.05. The number of rotatable bonds is 0. The second kappa shape index (κ2) is 4.91. The van der Waals surface area contributed by atoms with E-state index in [1.54, 1.807) is 0 Å². The second-order valence-corrected chi connectivity index (χ2v) is 5.13. The quantitative estimate of drug-likeness (QED) is 0.724. The number of carbonyl (C=O) groups excluding carboxylic acids is 1. The van der Waals surface area contributed by atoms with Crippen LogP contribution in [-0.2, 0) is 11.2 Å². The summed E-state index contributed by atoms with van der Waals surface area (Å²) in [5, 5.41) is 3.01. The lowest BCUT2D eigenvalue weighted by Gasteiger charge is -2.31. The molecule has 2 nitrogen and oxygen atoms in total. The Morgan fingerprint density at radius 1 is 1.18 bits per heavy atom. The van der Waals surface area contributed by atoms with Gasteiger partial charge in [0.2, 0.25) is 5.91 Å². The van der Waals surface area contributed by atoms with Gasteiger partial charge >= 0.3 is 0 Å². The maximum Gasteiger partial charge on any atom is 0.230 e. The maximum atomic E-state index is 11.8. The van der Waals surface area contributed by atoms with E-state index in [4.69, 9.17) is 0 Å². The van der Waals surface area contributed by atoms with E-state index in [-0.39, 0.29) is 11.3 Å². The molecular formula is C15H23NO. The fourth-order valence-corrected chi connectivity index (χ4v) is 2.21. The Balaban J connectivity index is 0.000000686. The molecule has 0 aliphatic carbocycles. The molecule has 94 valence electrons. The number of hydrogen-bond donors (Lipinski definition) is 1. The van der Waals surface area contributed by atoms with Gasteiger partial charge in [-0.25, -0.2) is 0 Å². The van der Waals surface area contributed by atoms with Gasteiger partial charge in [-0.1, -0.05) is 45.4 Å². The van der Waals surface area contributed by atoms with E-state index < -0.39 is 0 Å². The zero-order chi connectivity index (χ0) is 13.2. The normalized spacial score (nSPS) is 16.5. The van der Waals surface area contributed by atoms with Crippen molar-refractivity contribution in [3.63, 3.8) is 0 Å². The molecule has 0 fully saturated rings.